The highest BCUT2D eigenvalue weighted by atomic mass is 35.5. The lowest BCUT2D eigenvalue weighted by molar-refractivity contribution is -0.120. The molecule has 1 aromatic carbocycles. The Kier molecular flexibility index (Phi) is 7.33. The highest BCUT2D eigenvalue weighted by Gasteiger charge is 2.03. The fraction of sp³-hybridized carbons (Fsp3) is 0.364. The molecule has 0 aliphatic rings. The molecular weight excluding hydrogens is 228 g/mol. The second kappa shape index (κ2) is 7.96. The van der Waals surface area contributed by atoms with E-state index < -0.39 is 0 Å². The molecule has 0 atom stereocenters. The molecule has 16 heavy (non-hydrogen) atoms. The molecule has 4 nitrogen and oxygen atoms in total. The van der Waals surface area contributed by atoms with Crippen molar-refractivity contribution in [2.45, 2.75) is 6.54 Å². The zero-order chi connectivity index (χ0) is 11.1. The summed E-state index contributed by atoms with van der Waals surface area (Å²) in [7, 11) is 3.36. The fourth-order valence-corrected chi connectivity index (χ4v) is 1.27. The molecule has 1 rings (SSSR count). The van der Waals surface area contributed by atoms with E-state index in [-0.39, 0.29) is 18.3 Å². The number of nitrogens with one attached hydrogen (secondary N) is 2. The van der Waals surface area contributed by atoms with Crippen LogP contribution in [0.1, 0.15) is 5.56 Å². The van der Waals surface area contributed by atoms with Crippen LogP contribution in [0.25, 0.3) is 0 Å². The predicted octanol–water partition coefficient (Wildman–Crippen LogP) is 0.953. The van der Waals surface area contributed by atoms with Crippen molar-refractivity contribution in [2.24, 2.45) is 0 Å². The Labute approximate surface area is 102 Å². The second-order valence-electron chi connectivity index (χ2n) is 3.12. The minimum Gasteiger partial charge on any atom is -0.496 e. The molecule has 90 valence electrons. The topological polar surface area (TPSA) is 50.4 Å². The Balaban J connectivity index is 0.00000225. The summed E-state index contributed by atoms with van der Waals surface area (Å²) >= 11 is 0. The summed E-state index contributed by atoms with van der Waals surface area (Å²) in [5.41, 5.74) is 0.976. The largest absolute Gasteiger partial charge is 0.496 e. The van der Waals surface area contributed by atoms with E-state index in [0.717, 1.165) is 11.3 Å². The molecule has 0 radical (unpaired) electrons. The molecule has 0 saturated heterocycles. The minimum absolute atomic E-state index is 0. The van der Waals surface area contributed by atoms with Gasteiger partial charge in [-0.2, -0.15) is 0 Å². The summed E-state index contributed by atoms with van der Waals surface area (Å²) in [6.07, 6.45) is 0. The van der Waals surface area contributed by atoms with Crippen molar-refractivity contribution in [2.75, 3.05) is 20.7 Å². The van der Waals surface area contributed by atoms with Gasteiger partial charge in [-0.25, -0.2) is 0 Å². The number of methoxy groups -OCH3 is 1. The van der Waals surface area contributed by atoms with Crippen molar-refractivity contribution in [1.82, 2.24) is 10.6 Å². The lowest BCUT2D eigenvalue weighted by Gasteiger charge is -2.09. The van der Waals surface area contributed by atoms with Crippen LogP contribution in [0.3, 0.4) is 0 Å². The lowest BCUT2D eigenvalue weighted by atomic mass is 10.2. The van der Waals surface area contributed by atoms with Crippen molar-refractivity contribution in [1.29, 1.82) is 0 Å². The summed E-state index contributed by atoms with van der Waals surface area (Å²) in [5.74, 6) is 0.769. The van der Waals surface area contributed by atoms with E-state index in [1.54, 1.807) is 14.2 Å². The van der Waals surface area contributed by atoms with Gasteiger partial charge in [0.2, 0.25) is 5.91 Å². The zero-order valence-electron chi connectivity index (χ0n) is 9.45. The highest BCUT2D eigenvalue weighted by Crippen LogP contribution is 2.16. The smallest absolute Gasteiger partial charge is 0.234 e. The number of likely N-dealkylation sites (N-methyl/N-ethyl adjacent to an activating group) is 1. The molecule has 0 bridgehead atoms. The first kappa shape index (κ1) is 14.7. The number of rotatable bonds is 5. The van der Waals surface area contributed by atoms with Gasteiger partial charge >= 0.3 is 0 Å². The van der Waals surface area contributed by atoms with E-state index in [1.807, 2.05) is 24.3 Å². The van der Waals surface area contributed by atoms with Gasteiger partial charge in [-0.3, -0.25) is 4.79 Å². The van der Waals surface area contributed by atoms with Gasteiger partial charge < -0.3 is 15.4 Å². The van der Waals surface area contributed by atoms with Crippen LogP contribution >= 0.6 is 12.4 Å². The number of benzene rings is 1. The average molecular weight is 245 g/mol. The standard InChI is InChI=1S/C11H16N2O2.ClH/c1-12-8-11(14)13-7-9-5-3-4-6-10(9)15-2;/h3-6,12H,7-8H2,1-2H3,(H,13,14);1H. The number of carbonyl (C=O) groups excluding carboxylic acids is 1. The summed E-state index contributed by atoms with van der Waals surface area (Å²) in [6, 6.07) is 7.62. The molecule has 0 aliphatic heterocycles. The van der Waals surface area contributed by atoms with Gasteiger partial charge in [-0.15, -0.1) is 12.4 Å². The minimum atomic E-state index is -0.0246. The van der Waals surface area contributed by atoms with E-state index in [4.69, 9.17) is 4.74 Å². The van der Waals surface area contributed by atoms with Crippen LogP contribution < -0.4 is 15.4 Å². The monoisotopic (exact) mass is 244 g/mol. The quantitative estimate of drug-likeness (QED) is 0.811. The van der Waals surface area contributed by atoms with Gasteiger partial charge in [0.15, 0.2) is 0 Å². The molecule has 2 N–H and O–H groups in total. The Hall–Kier alpha value is -1.26. The predicted molar refractivity (Wildman–Crippen MR) is 66.0 cm³/mol. The lowest BCUT2D eigenvalue weighted by Crippen LogP contribution is -2.31. The molecule has 1 aromatic rings. The molecule has 0 saturated carbocycles. The van der Waals surface area contributed by atoms with Gasteiger partial charge in [0, 0.05) is 12.1 Å². The van der Waals surface area contributed by atoms with Crippen molar-refractivity contribution < 1.29 is 9.53 Å². The Morgan fingerprint density at radius 3 is 2.69 bits per heavy atom. The molecule has 0 aromatic heterocycles. The van der Waals surface area contributed by atoms with Crippen molar-refractivity contribution in [3.63, 3.8) is 0 Å². The van der Waals surface area contributed by atoms with Crippen LogP contribution in [0.5, 0.6) is 5.75 Å². The number of carbonyl (C=O) groups is 1. The van der Waals surface area contributed by atoms with Crippen LogP contribution in [0, 0.1) is 0 Å². The van der Waals surface area contributed by atoms with E-state index in [2.05, 4.69) is 10.6 Å². The van der Waals surface area contributed by atoms with Crippen LogP contribution in [0.15, 0.2) is 24.3 Å². The molecule has 1 amide bonds. The first-order chi connectivity index (χ1) is 7.27. The van der Waals surface area contributed by atoms with E-state index >= 15 is 0 Å². The maximum atomic E-state index is 11.2. The molecule has 0 aliphatic carbocycles. The van der Waals surface area contributed by atoms with E-state index in [9.17, 15) is 4.79 Å². The van der Waals surface area contributed by atoms with Gasteiger partial charge in [0.25, 0.3) is 0 Å². The molecule has 0 fully saturated rings. The van der Waals surface area contributed by atoms with Crippen molar-refractivity contribution in [3.05, 3.63) is 29.8 Å². The average Bonchev–Trinajstić information content (AvgIpc) is 2.27. The van der Waals surface area contributed by atoms with Crippen molar-refractivity contribution >= 4 is 18.3 Å². The van der Waals surface area contributed by atoms with Gasteiger partial charge in [0.1, 0.15) is 5.75 Å². The van der Waals surface area contributed by atoms with Crippen LogP contribution in [-0.4, -0.2) is 26.6 Å². The summed E-state index contributed by atoms with van der Waals surface area (Å²) in [4.78, 5) is 11.2. The van der Waals surface area contributed by atoms with Crippen LogP contribution in [0.2, 0.25) is 0 Å². The maximum absolute atomic E-state index is 11.2. The third kappa shape index (κ3) is 4.51. The molecular formula is C11H17ClN2O2. The van der Waals surface area contributed by atoms with E-state index in [0.29, 0.717) is 13.1 Å². The molecule has 5 heteroatoms. The Morgan fingerprint density at radius 1 is 1.38 bits per heavy atom. The molecule has 0 heterocycles. The zero-order valence-corrected chi connectivity index (χ0v) is 10.3. The Bertz CT molecular complexity index is 332. The summed E-state index contributed by atoms with van der Waals surface area (Å²) in [5, 5.41) is 5.58. The van der Waals surface area contributed by atoms with Crippen LogP contribution in [0.4, 0.5) is 0 Å². The number of para-hydroxylation sites is 1. The maximum Gasteiger partial charge on any atom is 0.234 e. The number of hydrogen-bond acceptors (Lipinski definition) is 3. The number of amides is 1. The number of hydrogen-bond donors (Lipinski definition) is 2. The third-order valence-electron chi connectivity index (χ3n) is 2.01. The first-order valence-electron chi connectivity index (χ1n) is 4.81. The summed E-state index contributed by atoms with van der Waals surface area (Å²) < 4.78 is 5.17. The number of halogens is 1. The van der Waals surface area contributed by atoms with Crippen molar-refractivity contribution in [3.8, 4) is 5.75 Å². The summed E-state index contributed by atoms with van der Waals surface area (Å²) in [6.45, 7) is 0.819. The normalized spacial score (nSPS) is 9.12. The highest BCUT2D eigenvalue weighted by molar-refractivity contribution is 5.85. The Morgan fingerprint density at radius 2 is 2.06 bits per heavy atom. The third-order valence-corrected chi connectivity index (χ3v) is 2.01. The van der Waals surface area contributed by atoms with Gasteiger partial charge in [-0.05, 0) is 13.1 Å². The van der Waals surface area contributed by atoms with Gasteiger partial charge in [-0.1, -0.05) is 18.2 Å². The van der Waals surface area contributed by atoms with Gasteiger partial charge in [0.05, 0.1) is 13.7 Å². The fourth-order valence-electron chi connectivity index (χ4n) is 1.27. The molecule has 0 unspecified atom stereocenters. The SMILES string of the molecule is CNCC(=O)NCc1ccccc1OC.Cl. The van der Waals surface area contributed by atoms with Crippen LogP contribution in [-0.2, 0) is 11.3 Å². The van der Waals surface area contributed by atoms with E-state index in [1.165, 1.54) is 0 Å². The second-order valence-corrected chi connectivity index (χ2v) is 3.12. The molecule has 0 spiro atoms. The first-order valence-corrected chi connectivity index (χ1v) is 4.81. The number of ether oxygens (including phenoxy) is 1.